The van der Waals surface area contributed by atoms with Crippen molar-refractivity contribution in [3.63, 3.8) is 0 Å². The van der Waals surface area contributed by atoms with Gasteiger partial charge in [0.25, 0.3) is 5.91 Å². The lowest BCUT2D eigenvalue weighted by Gasteiger charge is -2.11. The number of nitrogen functional groups attached to an aromatic ring is 1. The standard InChI is InChI=1S/C12H17ClN2O4S/c1-3-20(17,18)5-4-15-12(16)8-6-9(13)10(14)7-11(8)19-2/h6-7H,3-5,14H2,1-2H3,(H,15,16). The quantitative estimate of drug-likeness (QED) is 0.765. The molecular formula is C12H17ClN2O4S. The first kappa shape index (κ1) is 16.6. The van der Waals surface area contributed by atoms with Crippen LogP contribution in [0.2, 0.25) is 5.02 Å². The topological polar surface area (TPSA) is 98.5 Å². The Labute approximate surface area is 123 Å². The molecule has 0 aliphatic carbocycles. The Morgan fingerprint density at radius 2 is 2.10 bits per heavy atom. The van der Waals surface area contributed by atoms with Crippen molar-refractivity contribution >= 4 is 33.0 Å². The van der Waals surface area contributed by atoms with Gasteiger partial charge in [-0.1, -0.05) is 18.5 Å². The lowest BCUT2D eigenvalue weighted by atomic mass is 10.1. The van der Waals surface area contributed by atoms with Crippen LogP contribution < -0.4 is 15.8 Å². The molecule has 1 rings (SSSR count). The fourth-order valence-corrected chi connectivity index (χ4v) is 2.34. The second-order valence-corrected chi connectivity index (χ2v) is 6.95. The van der Waals surface area contributed by atoms with Gasteiger partial charge in [-0.3, -0.25) is 4.79 Å². The highest BCUT2D eigenvalue weighted by molar-refractivity contribution is 7.91. The van der Waals surface area contributed by atoms with E-state index in [1.54, 1.807) is 6.92 Å². The van der Waals surface area contributed by atoms with Crippen LogP contribution in [-0.4, -0.2) is 39.5 Å². The van der Waals surface area contributed by atoms with E-state index in [1.165, 1.54) is 19.2 Å². The predicted molar refractivity (Wildman–Crippen MR) is 79.1 cm³/mol. The lowest BCUT2D eigenvalue weighted by Crippen LogP contribution is -2.29. The van der Waals surface area contributed by atoms with E-state index < -0.39 is 15.7 Å². The molecule has 1 aromatic rings. The van der Waals surface area contributed by atoms with E-state index in [4.69, 9.17) is 22.1 Å². The molecule has 0 atom stereocenters. The van der Waals surface area contributed by atoms with E-state index in [9.17, 15) is 13.2 Å². The van der Waals surface area contributed by atoms with Crippen molar-refractivity contribution in [3.05, 3.63) is 22.7 Å². The Hall–Kier alpha value is -1.47. The first-order chi connectivity index (χ1) is 9.30. The molecule has 0 saturated heterocycles. The van der Waals surface area contributed by atoms with Crippen LogP contribution >= 0.6 is 11.6 Å². The summed E-state index contributed by atoms with van der Waals surface area (Å²) < 4.78 is 27.7. The molecule has 20 heavy (non-hydrogen) atoms. The summed E-state index contributed by atoms with van der Waals surface area (Å²) in [6, 6.07) is 2.83. The molecule has 0 unspecified atom stereocenters. The van der Waals surface area contributed by atoms with E-state index in [0.717, 1.165) is 0 Å². The molecular weight excluding hydrogens is 304 g/mol. The number of halogens is 1. The maximum atomic E-state index is 12.0. The van der Waals surface area contributed by atoms with Gasteiger partial charge in [-0.25, -0.2) is 8.42 Å². The molecule has 0 bridgehead atoms. The molecule has 0 radical (unpaired) electrons. The number of nitrogens with one attached hydrogen (secondary N) is 1. The molecule has 112 valence electrons. The number of rotatable bonds is 6. The van der Waals surface area contributed by atoms with Gasteiger partial charge in [0.2, 0.25) is 0 Å². The van der Waals surface area contributed by atoms with E-state index in [2.05, 4.69) is 5.32 Å². The highest BCUT2D eigenvalue weighted by atomic mass is 35.5. The minimum Gasteiger partial charge on any atom is -0.496 e. The van der Waals surface area contributed by atoms with Crippen LogP contribution in [0.5, 0.6) is 5.75 Å². The van der Waals surface area contributed by atoms with Crippen molar-refractivity contribution in [3.8, 4) is 5.75 Å². The fourth-order valence-electron chi connectivity index (χ4n) is 1.48. The second-order valence-electron chi connectivity index (χ2n) is 4.07. The number of carbonyl (C=O) groups excluding carboxylic acids is 1. The molecule has 0 aromatic heterocycles. The minimum atomic E-state index is -3.12. The zero-order chi connectivity index (χ0) is 15.3. The molecule has 1 amide bonds. The van der Waals surface area contributed by atoms with Crippen molar-refractivity contribution in [2.45, 2.75) is 6.92 Å². The summed E-state index contributed by atoms with van der Waals surface area (Å²) >= 11 is 5.86. The zero-order valence-electron chi connectivity index (χ0n) is 11.3. The third-order valence-electron chi connectivity index (χ3n) is 2.70. The smallest absolute Gasteiger partial charge is 0.255 e. The summed E-state index contributed by atoms with van der Waals surface area (Å²) in [6.45, 7) is 1.58. The Bertz CT molecular complexity index is 602. The van der Waals surface area contributed by atoms with Gasteiger partial charge in [0.15, 0.2) is 9.84 Å². The van der Waals surface area contributed by atoms with Gasteiger partial charge in [-0.15, -0.1) is 0 Å². The molecule has 0 fully saturated rings. The number of sulfone groups is 1. The number of carbonyl (C=O) groups is 1. The van der Waals surface area contributed by atoms with E-state index in [0.29, 0.717) is 5.69 Å². The van der Waals surface area contributed by atoms with Crippen LogP contribution in [0.3, 0.4) is 0 Å². The third-order valence-corrected chi connectivity index (χ3v) is 4.73. The van der Waals surface area contributed by atoms with Crippen LogP contribution in [0.25, 0.3) is 0 Å². The second kappa shape index (κ2) is 6.81. The van der Waals surface area contributed by atoms with Crippen molar-refractivity contribution < 1.29 is 17.9 Å². The normalized spacial score (nSPS) is 11.2. The Balaban J connectivity index is 2.80. The molecule has 0 aliphatic rings. The number of anilines is 1. The Morgan fingerprint density at radius 1 is 1.45 bits per heavy atom. The van der Waals surface area contributed by atoms with Gasteiger partial charge in [-0.2, -0.15) is 0 Å². The summed E-state index contributed by atoms with van der Waals surface area (Å²) in [5.74, 6) is -0.252. The molecule has 6 nitrogen and oxygen atoms in total. The van der Waals surface area contributed by atoms with Gasteiger partial charge < -0.3 is 15.8 Å². The molecule has 0 heterocycles. The van der Waals surface area contributed by atoms with Crippen LogP contribution in [-0.2, 0) is 9.84 Å². The molecule has 3 N–H and O–H groups in total. The predicted octanol–water partition coefficient (Wildman–Crippen LogP) is 1.10. The fraction of sp³-hybridized carbons (Fsp3) is 0.417. The maximum Gasteiger partial charge on any atom is 0.255 e. The minimum absolute atomic E-state index is 0.0279. The number of amides is 1. The van der Waals surface area contributed by atoms with Gasteiger partial charge in [0.05, 0.1) is 29.1 Å². The zero-order valence-corrected chi connectivity index (χ0v) is 12.8. The number of hydrogen-bond donors (Lipinski definition) is 2. The Morgan fingerprint density at radius 3 is 2.65 bits per heavy atom. The SMILES string of the molecule is CCS(=O)(=O)CCNC(=O)c1cc(Cl)c(N)cc1OC. The lowest BCUT2D eigenvalue weighted by molar-refractivity contribution is 0.0953. The van der Waals surface area contributed by atoms with Crippen LogP contribution in [0.4, 0.5) is 5.69 Å². The van der Waals surface area contributed by atoms with Gasteiger partial charge in [-0.05, 0) is 6.07 Å². The molecule has 0 aliphatic heterocycles. The summed E-state index contributed by atoms with van der Waals surface area (Å²) in [6.07, 6.45) is 0. The average Bonchev–Trinajstić information content (AvgIpc) is 2.41. The monoisotopic (exact) mass is 320 g/mol. The highest BCUT2D eigenvalue weighted by Gasteiger charge is 2.15. The number of methoxy groups -OCH3 is 1. The molecule has 0 saturated carbocycles. The molecule has 1 aromatic carbocycles. The van der Waals surface area contributed by atoms with E-state index in [1.807, 2.05) is 0 Å². The molecule has 0 spiro atoms. The van der Waals surface area contributed by atoms with Crippen molar-refractivity contribution in [1.82, 2.24) is 5.32 Å². The average molecular weight is 321 g/mol. The van der Waals surface area contributed by atoms with Gasteiger partial charge in [0, 0.05) is 18.4 Å². The van der Waals surface area contributed by atoms with Gasteiger partial charge >= 0.3 is 0 Å². The largest absolute Gasteiger partial charge is 0.496 e. The number of ether oxygens (including phenoxy) is 1. The summed E-state index contributed by atoms with van der Waals surface area (Å²) in [7, 11) is -1.72. The molecule has 8 heteroatoms. The summed E-state index contributed by atoms with van der Waals surface area (Å²) in [4.78, 5) is 12.0. The van der Waals surface area contributed by atoms with E-state index in [-0.39, 0.29) is 34.4 Å². The van der Waals surface area contributed by atoms with Crippen molar-refractivity contribution in [1.29, 1.82) is 0 Å². The number of benzene rings is 1. The summed E-state index contributed by atoms with van der Waals surface area (Å²) in [5.41, 5.74) is 6.13. The van der Waals surface area contributed by atoms with Crippen molar-refractivity contribution in [2.24, 2.45) is 0 Å². The van der Waals surface area contributed by atoms with Crippen LogP contribution in [0.1, 0.15) is 17.3 Å². The van der Waals surface area contributed by atoms with Crippen molar-refractivity contribution in [2.75, 3.05) is 30.9 Å². The number of hydrogen-bond acceptors (Lipinski definition) is 5. The third kappa shape index (κ3) is 4.28. The van der Waals surface area contributed by atoms with Crippen LogP contribution in [0.15, 0.2) is 12.1 Å². The van der Waals surface area contributed by atoms with E-state index >= 15 is 0 Å². The first-order valence-corrected chi connectivity index (χ1v) is 8.12. The summed E-state index contributed by atoms with van der Waals surface area (Å²) in [5, 5.41) is 2.75. The van der Waals surface area contributed by atoms with Gasteiger partial charge in [0.1, 0.15) is 5.75 Å². The maximum absolute atomic E-state index is 12.0. The Kier molecular flexibility index (Phi) is 5.64. The first-order valence-electron chi connectivity index (χ1n) is 5.92. The highest BCUT2D eigenvalue weighted by Crippen LogP contribution is 2.28. The number of nitrogens with two attached hydrogens (primary N) is 1. The van der Waals surface area contributed by atoms with Crippen LogP contribution in [0, 0.1) is 0 Å².